The second-order valence-electron chi connectivity index (χ2n) is 3.68. The second kappa shape index (κ2) is 3.40. The summed E-state index contributed by atoms with van der Waals surface area (Å²) in [4.78, 5) is 13.7. The third kappa shape index (κ3) is 1.46. The first-order valence-corrected chi connectivity index (χ1v) is 5.03. The van der Waals surface area contributed by atoms with Gasteiger partial charge < -0.3 is 10.0 Å². The third-order valence-corrected chi connectivity index (χ3v) is 3.09. The number of thiocarbonyl (C=S) groups is 1. The average molecular weight is 221 g/mol. The molecule has 0 aliphatic carbocycles. The summed E-state index contributed by atoms with van der Waals surface area (Å²) < 4.78 is 0. The molecule has 1 unspecified atom stereocenters. The molecule has 1 aliphatic heterocycles. The lowest BCUT2D eigenvalue weighted by atomic mass is 9.97. The van der Waals surface area contributed by atoms with Crippen molar-refractivity contribution in [1.82, 2.24) is 0 Å². The Labute approximate surface area is 93.3 Å². The topological polar surface area (TPSA) is 40.5 Å². The average Bonchev–Trinajstić information content (AvgIpc) is 2.23. The Balaban J connectivity index is 2.64. The molecule has 78 valence electrons. The fraction of sp³-hybridized carbons (Fsp3) is 0.273. The molecule has 1 aromatic carbocycles. The summed E-state index contributed by atoms with van der Waals surface area (Å²) in [6.45, 7) is 1.95. The van der Waals surface area contributed by atoms with E-state index in [0.717, 1.165) is 11.3 Å². The molecule has 1 aliphatic rings. The standard InChI is InChI=1S/C11H11NO2S/c1-6-3-4-7-8(5-6)12(2)11(15)10(14)9(7)13/h3-5,10,14H,1-2H3. The number of hydrogen-bond donors (Lipinski definition) is 1. The number of carbonyl (C=O) groups excluding carboxylic acids is 1. The van der Waals surface area contributed by atoms with Crippen LogP contribution in [0.5, 0.6) is 0 Å². The van der Waals surface area contributed by atoms with Gasteiger partial charge in [0.2, 0.25) is 0 Å². The molecule has 2 rings (SSSR count). The van der Waals surface area contributed by atoms with Crippen LogP contribution in [0.2, 0.25) is 0 Å². The number of aliphatic hydroxyl groups is 1. The summed E-state index contributed by atoms with van der Waals surface area (Å²) in [5.41, 5.74) is 2.37. The molecule has 0 bridgehead atoms. The largest absolute Gasteiger partial charge is 0.378 e. The van der Waals surface area contributed by atoms with E-state index < -0.39 is 6.10 Å². The van der Waals surface area contributed by atoms with Gasteiger partial charge in [0.15, 0.2) is 11.9 Å². The Bertz CT molecular complexity index is 456. The number of hydrogen-bond acceptors (Lipinski definition) is 3. The fourth-order valence-electron chi connectivity index (χ4n) is 1.69. The molecule has 0 aromatic heterocycles. The summed E-state index contributed by atoms with van der Waals surface area (Å²) in [7, 11) is 1.76. The number of fused-ring (bicyclic) bond motifs is 1. The number of carbonyl (C=O) groups is 1. The van der Waals surface area contributed by atoms with Crippen LogP contribution in [0.3, 0.4) is 0 Å². The molecule has 0 spiro atoms. The normalized spacial score (nSPS) is 20.5. The van der Waals surface area contributed by atoms with Gasteiger partial charge in [-0.05, 0) is 24.6 Å². The van der Waals surface area contributed by atoms with Gasteiger partial charge in [-0.25, -0.2) is 0 Å². The lowest BCUT2D eigenvalue weighted by molar-refractivity contribution is 0.0841. The summed E-state index contributed by atoms with van der Waals surface area (Å²) in [5.74, 6) is -0.312. The Morgan fingerprint density at radius 3 is 2.80 bits per heavy atom. The zero-order valence-electron chi connectivity index (χ0n) is 8.52. The summed E-state index contributed by atoms with van der Waals surface area (Å²) in [6, 6.07) is 5.48. The van der Waals surface area contributed by atoms with Crippen LogP contribution in [0.1, 0.15) is 15.9 Å². The second-order valence-corrected chi connectivity index (χ2v) is 4.10. The highest BCUT2D eigenvalue weighted by atomic mass is 32.1. The molecule has 1 heterocycles. The fourth-order valence-corrected chi connectivity index (χ4v) is 1.89. The number of Topliss-reactive ketones (excluding diaryl/α,β-unsaturated/α-hetero) is 1. The minimum absolute atomic E-state index is 0.262. The maximum Gasteiger partial charge on any atom is 0.200 e. The first kappa shape index (κ1) is 10.3. The number of anilines is 1. The van der Waals surface area contributed by atoms with Crippen LogP contribution in [0, 0.1) is 6.92 Å². The number of aryl methyl sites for hydroxylation is 1. The van der Waals surface area contributed by atoms with Gasteiger partial charge >= 0.3 is 0 Å². The minimum Gasteiger partial charge on any atom is -0.378 e. The Hall–Kier alpha value is -1.26. The van der Waals surface area contributed by atoms with Gasteiger partial charge in [-0.1, -0.05) is 18.3 Å². The van der Waals surface area contributed by atoms with Crippen LogP contribution in [-0.4, -0.2) is 29.0 Å². The molecular weight excluding hydrogens is 210 g/mol. The van der Waals surface area contributed by atoms with Gasteiger partial charge in [0.25, 0.3) is 0 Å². The molecule has 0 saturated heterocycles. The molecule has 1 aromatic rings. The number of nitrogens with zero attached hydrogens (tertiary/aromatic N) is 1. The first-order chi connectivity index (χ1) is 7.02. The maximum absolute atomic E-state index is 11.7. The molecule has 0 fully saturated rings. The van der Waals surface area contributed by atoms with E-state index >= 15 is 0 Å². The van der Waals surface area contributed by atoms with Crippen molar-refractivity contribution in [2.24, 2.45) is 0 Å². The monoisotopic (exact) mass is 221 g/mol. The zero-order valence-corrected chi connectivity index (χ0v) is 9.34. The minimum atomic E-state index is -1.18. The lowest BCUT2D eigenvalue weighted by Gasteiger charge is -2.30. The first-order valence-electron chi connectivity index (χ1n) is 4.63. The molecule has 1 N–H and O–H groups in total. The van der Waals surface area contributed by atoms with Gasteiger partial charge in [0.05, 0.1) is 5.69 Å². The van der Waals surface area contributed by atoms with E-state index in [1.54, 1.807) is 18.0 Å². The number of benzene rings is 1. The van der Waals surface area contributed by atoms with Gasteiger partial charge in [-0.15, -0.1) is 0 Å². The molecule has 0 saturated carbocycles. The van der Waals surface area contributed by atoms with Crippen LogP contribution in [0.4, 0.5) is 5.69 Å². The Kier molecular flexibility index (Phi) is 2.32. The quantitative estimate of drug-likeness (QED) is 0.671. The highest BCUT2D eigenvalue weighted by Crippen LogP contribution is 2.28. The number of aliphatic hydroxyl groups excluding tert-OH is 1. The van der Waals surface area contributed by atoms with Gasteiger partial charge in [-0.3, -0.25) is 4.79 Å². The van der Waals surface area contributed by atoms with Crippen molar-refractivity contribution in [3.63, 3.8) is 0 Å². The van der Waals surface area contributed by atoms with Crippen molar-refractivity contribution in [1.29, 1.82) is 0 Å². The number of rotatable bonds is 0. The predicted octanol–water partition coefficient (Wildman–Crippen LogP) is 1.32. The third-order valence-electron chi connectivity index (χ3n) is 2.59. The van der Waals surface area contributed by atoms with Crippen molar-refractivity contribution in [3.05, 3.63) is 29.3 Å². The van der Waals surface area contributed by atoms with Crippen molar-refractivity contribution < 1.29 is 9.90 Å². The van der Waals surface area contributed by atoms with Gasteiger partial charge in [0.1, 0.15) is 4.99 Å². The maximum atomic E-state index is 11.7. The molecule has 15 heavy (non-hydrogen) atoms. The molecule has 1 atom stereocenters. The summed E-state index contributed by atoms with van der Waals surface area (Å²) in [6.07, 6.45) is -1.18. The van der Waals surface area contributed by atoms with Crippen LogP contribution in [-0.2, 0) is 0 Å². The van der Waals surface area contributed by atoms with Crippen molar-refractivity contribution >= 4 is 28.7 Å². The lowest BCUT2D eigenvalue weighted by Crippen LogP contribution is -2.44. The van der Waals surface area contributed by atoms with E-state index in [-0.39, 0.29) is 10.8 Å². The summed E-state index contributed by atoms with van der Waals surface area (Å²) in [5, 5.41) is 9.60. The molecule has 4 heteroatoms. The van der Waals surface area contributed by atoms with Crippen LogP contribution in [0.25, 0.3) is 0 Å². The molecule has 0 radical (unpaired) electrons. The highest BCUT2D eigenvalue weighted by Gasteiger charge is 2.33. The van der Waals surface area contributed by atoms with Gasteiger partial charge in [0, 0.05) is 12.6 Å². The number of likely N-dealkylation sites (N-methyl/N-ethyl adjacent to an activating group) is 1. The smallest absolute Gasteiger partial charge is 0.200 e. The summed E-state index contributed by atoms with van der Waals surface area (Å²) >= 11 is 5.00. The molecule has 0 amide bonds. The van der Waals surface area contributed by atoms with E-state index in [1.807, 2.05) is 19.1 Å². The van der Waals surface area contributed by atoms with E-state index in [0.29, 0.717) is 5.56 Å². The van der Waals surface area contributed by atoms with E-state index in [1.165, 1.54) is 0 Å². The van der Waals surface area contributed by atoms with E-state index in [2.05, 4.69) is 0 Å². The highest BCUT2D eigenvalue weighted by molar-refractivity contribution is 7.80. The Morgan fingerprint density at radius 2 is 2.13 bits per heavy atom. The van der Waals surface area contributed by atoms with Crippen LogP contribution in [0.15, 0.2) is 18.2 Å². The van der Waals surface area contributed by atoms with E-state index in [4.69, 9.17) is 12.2 Å². The van der Waals surface area contributed by atoms with E-state index in [9.17, 15) is 9.90 Å². The van der Waals surface area contributed by atoms with Gasteiger partial charge in [-0.2, -0.15) is 0 Å². The van der Waals surface area contributed by atoms with Crippen molar-refractivity contribution in [2.75, 3.05) is 11.9 Å². The van der Waals surface area contributed by atoms with Crippen LogP contribution < -0.4 is 4.90 Å². The Morgan fingerprint density at radius 1 is 1.47 bits per heavy atom. The van der Waals surface area contributed by atoms with Crippen molar-refractivity contribution in [2.45, 2.75) is 13.0 Å². The number of ketones is 1. The zero-order chi connectivity index (χ0) is 11.2. The predicted molar refractivity (Wildman–Crippen MR) is 62.5 cm³/mol. The SMILES string of the molecule is Cc1ccc2c(c1)N(C)C(=S)C(O)C2=O. The molecule has 3 nitrogen and oxygen atoms in total. The molecular formula is C11H11NO2S. The van der Waals surface area contributed by atoms with Crippen molar-refractivity contribution in [3.8, 4) is 0 Å². The van der Waals surface area contributed by atoms with Crippen LogP contribution >= 0.6 is 12.2 Å².